The van der Waals surface area contributed by atoms with Gasteiger partial charge in [0.25, 0.3) is 5.22 Å². The van der Waals surface area contributed by atoms with Gasteiger partial charge >= 0.3 is 5.97 Å². The Kier molecular flexibility index (Phi) is 5.24. The van der Waals surface area contributed by atoms with E-state index >= 15 is 0 Å². The van der Waals surface area contributed by atoms with Gasteiger partial charge in [-0.05, 0) is 37.1 Å². The highest BCUT2D eigenvalue weighted by molar-refractivity contribution is 8.03. The number of furan rings is 1. The summed E-state index contributed by atoms with van der Waals surface area (Å²) in [4.78, 5) is 13.7. The Labute approximate surface area is 143 Å². The van der Waals surface area contributed by atoms with Crippen molar-refractivity contribution < 1.29 is 18.7 Å². The molecule has 1 saturated heterocycles. The smallest absolute Gasteiger partial charge is 0.342 e. The zero-order valence-corrected chi connectivity index (χ0v) is 14.2. The van der Waals surface area contributed by atoms with Crippen LogP contribution in [0.2, 0.25) is 0 Å². The third-order valence-corrected chi connectivity index (χ3v) is 4.56. The van der Waals surface area contributed by atoms with E-state index < -0.39 is 5.97 Å². The molecular weight excluding hydrogens is 330 g/mol. The molecule has 0 unspecified atom stereocenters. The van der Waals surface area contributed by atoms with Crippen molar-refractivity contribution in [2.45, 2.75) is 37.8 Å². The molecule has 0 atom stereocenters. The fourth-order valence-corrected chi connectivity index (χ4v) is 3.15. The first-order valence-corrected chi connectivity index (χ1v) is 8.77. The number of carboxylic acid groups (broad SMARTS) is 1. The van der Waals surface area contributed by atoms with E-state index in [1.165, 1.54) is 12.5 Å². The van der Waals surface area contributed by atoms with Gasteiger partial charge in [-0.15, -0.1) is 10.2 Å². The zero-order chi connectivity index (χ0) is 16.9. The molecule has 0 aromatic carbocycles. The molecule has 1 aliphatic rings. The molecule has 2 aromatic rings. The molecule has 24 heavy (non-hydrogen) atoms. The van der Waals surface area contributed by atoms with Crippen LogP contribution in [0, 0.1) is 0 Å². The van der Waals surface area contributed by atoms with Gasteiger partial charge in [0.15, 0.2) is 5.88 Å². The Hall–Kier alpha value is -2.22. The topological polar surface area (TPSA) is 92.6 Å². The summed E-state index contributed by atoms with van der Waals surface area (Å²) < 4.78 is 11.1. The molecule has 1 aliphatic heterocycles. The summed E-state index contributed by atoms with van der Waals surface area (Å²) in [5.74, 6) is 0.692. The van der Waals surface area contributed by atoms with Crippen molar-refractivity contribution in [2.75, 3.05) is 18.0 Å². The highest BCUT2D eigenvalue weighted by Crippen LogP contribution is 2.29. The number of hydrogen-bond donors (Lipinski definition) is 1. The quantitative estimate of drug-likeness (QED) is 0.626. The normalized spacial score (nSPS) is 15.7. The molecule has 2 aromatic heterocycles. The number of thioether (sulfide) groups is 1. The maximum absolute atomic E-state index is 11.5. The minimum absolute atomic E-state index is 0.0702. The number of aliphatic carboxylic acids is 1. The van der Waals surface area contributed by atoms with Gasteiger partial charge in [0.2, 0.25) is 5.89 Å². The highest BCUT2D eigenvalue weighted by Gasteiger charge is 2.17. The van der Waals surface area contributed by atoms with Gasteiger partial charge in [0.1, 0.15) is 10.7 Å². The van der Waals surface area contributed by atoms with E-state index in [-0.39, 0.29) is 10.1 Å². The second-order valence-electron chi connectivity index (χ2n) is 5.45. The molecule has 0 amide bonds. The molecule has 8 heteroatoms. The SMILES string of the molecule is CCc1nnc(S/C(=C\c2ccc(N3CCCCC3)o2)C(=O)O)o1. The summed E-state index contributed by atoms with van der Waals surface area (Å²) in [6.07, 6.45) is 5.64. The lowest BCUT2D eigenvalue weighted by Gasteiger charge is -2.25. The number of nitrogens with zero attached hydrogens (tertiary/aromatic N) is 3. The minimum Gasteiger partial charge on any atom is -0.477 e. The molecular formula is C16H19N3O4S. The van der Waals surface area contributed by atoms with E-state index in [2.05, 4.69) is 15.1 Å². The average Bonchev–Trinajstić information content (AvgIpc) is 3.24. The van der Waals surface area contributed by atoms with Crippen LogP contribution in [0.3, 0.4) is 0 Å². The van der Waals surface area contributed by atoms with Crippen molar-refractivity contribution in [3.63, 3.8) is 0 Å². The minimum atomic E-state index is -1.06. The maximum atomic E-state index is 11.5. The van der Waals surface area contributed by atoms with Crippen LogP contribution in [0.5, 0.6) is 0 Å². The molecule has 0 saturated carbocycles. The zero-order valence-electron chi connectivity index (χ0n) is 13.4. The molecule has 7 nitrogen and oxygen atoms in total. The summed E-state index contributed by atoms with van der Waals surface area (Å²) in [5.41, 5.74) is 0. The number of carboxylic acids is 1. The Balaban J connectivity index is 1.75. The fourth-order valence-electron chi connectivity index (χ4n) is 2.48. The summed E-state index contributed by atoms with van der Waals surface area (Å²) >= 11 is 0.920. The Bertz CT molecular complexity index is 731. The molecule has 0 aliphatic carbocycles. The van der Waals surface area contributed by atoms with Gasteiger partial charge in [0.05, 0.1) is 0 Å². The van der Waals surface area contributed by atoms with Crippen LogP contribution < -0.4 is 4.90 Å². The molecule has 1 fully saturated rings. The van der Waals surface area contributed by atoms with Crippen molar-refractivity contribution in [1.82, 2.24) is 10.2 Å². The molecule has 0 bridgehead atoms. The van der Waals surface area contributed by atoms with Crippen molar-refractivity contribution in [3.05, 3.63) is 28.7 Å². The van der Waals surface area contributed by atoms with Crippen LogP contribution in [0.25, 0.3) is 6.08 Å². The second-order valence-corrected chi connectivity index (χ2v) is 6.45. The van der Waals surface area contributed by atoms with Gasteiger partial charge in [-0.1, -0.05) is 6.92 Å². The van der Waals surface area contributed by atoms with Crippen molar-refractivity contribution >= 4 is 29.7 Å². The van der Waals surface area contributed by atoms with Crippen molar-refractivity contribution in [1.29, 1.82) is 0 Å². The predicted octanol–water partition coefficient (Wildman–Crippen LogP) is 3.43. The van der Waals surface area contributed by atoms with E-state index in [0.717, 1.165) is 43.6 Å². The first-order valence-electron chi connectivity index (χ1n) is 7.95. The molecule has 3 heterocycles. The lowest BCUT2D eigenvalue weighted by Crippen LogP contribution is -2.28. The van der Waals surface area contributed by atoms with Gasteiger partial charge in [-0.25, -0.2) is 4.79 Å². The van der Waals surface area contributed by atoms with Crippen molar-refractivity contribution in [2.24, 2.45) is 0 Å². The maximum Gasteiger partial charge on any atom is 0.342 e. The summed E-state index contributed by atoms with van der Waals surface area (Å²) in [7, 11) is 0. The van der Waals surface area contributed by atoms with Gasteiger partial charge in [-0.3, -0.25) is 0 Å². The highest BCUT2D eigenvalue weighted by atomic mass is 32.2. The fraction of sp³-hybridized carbons (Fsp3) is 0.438. The van der Waals surface area contributed by atoms with Gasteiger partial charge in [-0.2, -0.15) is 0 Å². The van der Waals surface area contributed by atoms with Crippen molar-refractivity contribution in [3.8, 4) is 0 Å². The number of rotatable bonds is 6. The molecule has 1 N–H and O–H groups in total. The first kappa shape index (κ1) is 16.6. The van der Waals surface area contributed by atoms with Gasteiger partial charge < -0.3 is 18.8 Å². The number of aromatic nitrogens is 2. The standard InChI is InChI=1S/C16H19N3O4S/c1-2-13-17-18-16(23-13)24-12(15(20)21)10-11-6-7-14(22-11)19-8-4-3-5-9-19/h6-7,10H,2-5,8-9H2,1H3,(H,20,21)/b12-10-. The molecule has 0 spiro atoms. The third-order valence-electron chi connectivity index (χ3n) is 3.71. The van der Waals surface area contributed by atoms with Crippen LogP contribution >= 0.6 is 11.8 Å². The summed E-state index contributed by atoms with van der Waals surface area (Å²) in [5, 5.41) is 17.3. The molecule has 0 radical (unpaired) electrons. The van der Waals surface area contributed by atoms with E-state index in [9.17, 15) is 9.90 Å². The molecule has 3 rings (SSSR count). The Morgan fingerprint density at radius 3 is 2.75 bits per heavy atom. The Morgan fingerprint density at radius 1 is 1.29 bits per heavy atom. The monoisotopic (exact) mass is 349 g/mol. The van der Waals surface area contributed by atoms with E-state index in [0.29, 0.717) is 18.1 Å². The summed E-state index contributed by atoms with van der Waals surface area (Å²) in [6.45, 7) is 3.83. The van der Waals surface area contributed by atoms with Crippen LogP contribution in [0.4, 0.5) is 5.88 Å². The lowest BCUT2D eigenvalue weighted by atomic mass is 10.1. The second kappa shape index (κ2) is 7.57. The van der Waals surface area contributed by atoms with E-state index in [4.69, 9.17) is 8.83 Å². The first-order chi connectivity index (χ1) is 11.7. The largest absolute Gasteiger partial charge is 0.477 e. The van der Waals surface area contributed by atoms with Crippen LogP contribution in [-0.2, 0) is 11.2 Å². The van der Waals surface area contributed by atoms with E-state index in [1.54, 1.807) is 6.07 Å². The number of anilines is 1. The third kappa shape index (κ3) is 4.00. The predicted molar refractivity (Wildman–Crippen MR) is 89.9 cm³/mol. The number of carbonyl (C=O) groups is 1. The Morgan fingerprint density at radius 2 is 2.08 bits per heavy atom. The lowest BCUT2D eigenvalue weighted by molar-refractivity contribution is -0.131. The van der Waals surface area contributed by atoms with Gasteiger partial charge in [0, 0.05) is 31.7 Å². The average molecular weight is 349 g/mol. The summed E-state index contributed by atoms with van der Waals surface area (Å²) in [6, 6.07) is 3.65. The van der Waals surface area contributed by atoms with Crippen LogP contribution in [-0.4, -0.2) is 34.4 Å². The van der Waals surface area contributed by atoms with Crippen LogP contribution in [0.1, 0.15) is 37.8 Å². The molecule has 128 valence electrons. The number of aryl methyl sites for hydroxylation is 1. The number of hydrogen-bond acceptors (Lipinski definition) is 7. The van der Waals surface area contributed by atoms with Crippen LogP contribution in [0.15, 0.2) is 31.1 Å². The van der Waals surface area contributed by atoms with E-state index in [1.807, 2.05) is 13.0 Å². The number of piperidine rings is 1.